The van der Waals surface area contributed by atoms with Crippen molar-refractivity contribution < 1.29 is 8.42 Å². The zero-order valence-electron chi connectivity index (χ0n) is 10.6. The molecule has 0 fully saturated rings. The van der Waals surface area contributed by atoms with Gasteiger partial charge in [0.25, 0.3) is 0 Å². The van der Waals surface area contributed by atoms with E-state index in [0.29, 0.717) is 22.8 Å². The van der Waals surface area contributed by atoms with Crippen molar-refractivity contribution >= 4 is 33.0 Å². The van der Waals surface area contributed by atoms with E-state index in [2.05, 4.69) is 9.71 Å². The van der Waals surface area contributed by atoms with Gasteiger partial charge in [-0.15, -0.1) is 0 Å². The second kappa shape index (κ2) is 6.11. The maximum absolute atomic E-state index is 12.0. The van der Waals surface area contributed by atoms with Gasteiger partial charge in [-0.05, 0) is 30.3 Å². The van der Waals surface area contributed by atoms with Gasteiger partial charge in [0.1, 0.15) is 0 Å². The topological polar surface area (TPSA) is 85.1 Å². The van der Waals surface area contributed by atoms with Crippen LogP contribution in [-0.2, 0) is 16.4 Å². The highest BCUT2D eigenvalue weighted by atomic mass is 35.5. The summed E-state index contributed by atoms with van der Waals surface area (Å²) in [5.74, 6) is -0.0634. The molecule has 0 spiro atoms. The van der Waals surface area contributed by atoms with Crippen molar-refractivity contribution in [1.29, 1.82) is 0 Å². The zero-order valence-corrected chi connectivity index (χ0v) is 12.2. The Morgan fingerprint density at radius 2 is 2.05 bits per heavy atom. The summed E-state index contributed by atoms with van der Waals surface area (Å²) in [7, 11) is -3.48. The fraction of sp³-hybridized carbons (Fsp3) is 0.154. The summed E-state index contributed by atoms with van der Waals surface area (Å²) in [5.41, 5.74) is 7.06. The number of nitrogen functional groups attached to an aromatic ring is 1. The van der Waals surface area contributed by atoms with E-state index in [1.165, 1.54) is 12.1 Å². The van der Waals surface area contributed by atoms with Crippen LogP contribution in [0, 0.1) is 0 Å². The first kappa shape index (κ1) is 14.6. The van der Waals surface area contributed by atoms with E-state index in [1.807, 2.05) is 6.07 Å². The molecule has 5 nitrogen and oxygen atoms in total. The number of halogens is 1. The molecule has 2 rings (SSSR count). The Kier molecular flexibility index (Phi) is 4.46. The number of hydrogen-bond acceptors (Lipinski definition) is 4. The minimum absolute atomic E-state index is 0.0634. The van der Waals surface area contributed by atoms with Gasteiger partial charge in [-0.2, -0.15) is 0 Å². The average molecular weight is 312 g/mol. The van der Waals surface area contributed by atoms with Crippen LogP contribution in [0.2, 0.25) is 5.02 Å². The van der Waals surface area contributed by atoms with E-state index in [9.17, 15) is 8.42 Å². The van der Waals surface area contributed by atoms with Crippen LogP contribution in [-0.4, -0.2) is 19.2 Å². The molecule has 20 heavy (non-hydrogen) atoms. The summed E-state index contributed by atoms with van der Waals surface area (Å²) in [6.07, 6.45) is 1.97. The predicted octanol–water partition coefficient (Wildman–Crippen LogP) is 2.30. The number of anilines is 2. The Bertz CT molecular complexity index is 690. The average Bonchev–Trinajstić information content (AvgIpc) is 2.41. The molecule has 0 radical (unpaired) electrons. The summed E-state index contributed by atoms with van der Waals surface area (Å²) < 4.78 is 26.4. The number of aromatic nitrogens is 1. The summed E-state index contributed by atoms with van der Waals surface area (Å²) in [6.45, 7) is 0. The standard InChI is InChI=1S/C13H14ClN3O2S/c14-10-4-5-13(12(15)9-10)17-20(18,19)8-6-11-3-1-2-7-16-11/h1-5,7,9,17H,6,8,15H2. The van der Waals surface area contributed by atoms with Gasteiger partial charge < -0.3 is 5.73 Å². The Labute approximate surface area is 122 Å². The van der Waals surface area contributed by atoms with Gasteiger partial charge in [-0.3, -0.25) is 9.71 Å². The summed E-state index contributed by atoms with van der Waals surface area (Å²) in [4.78, 5) is 4.08. The molecule has 0 aliphatic rings. The lowest BCUT2D eigenvalue weighted by Crippen LogP contribution is -2.19. The second-order valence-corrected chi connectivity index (χ2v) is 6.50. The highest BCUT2D eigenvalue weighted by Gasteiger charge is 2.13. The number of aryl methyl sites for hydroxylation is 1. The van der Waals surface area contributed by atoms with Crippen LogP contribution in [0.5, 0.6) is 0 Å². The Morgan fingerprint density at radius 1 is 1.25 bits per heavy atom. The van der Waals surface area contributed by atoms with Crippen LogP contribution in [0.3, 0.4) is 0 Å². The molecule has 0 saturated carbocycles. The van der Waals surface area contributed by atoms with E-state index in [4.69, 9.17) is 17.3 Å². The number of nitrogens with zero attached hydrogens (tertiary/aromatic N) is 1. The maximum atomic E-state index is 12.0. The molecule has 0 aliphatic carbocycles. The van der Waals surface area contributed by atoms with Gasteiger partial charge >= 0.3 is 0 Å². The van der Waals surface area contributed by atoms with Gasteiger partial charge in [-0.25, -0.2) is 8.42 Å². The first-order valence-corrected chi connectivity index (χ1v) is 7.95. The maximum Gasteiger partial charge on any atom is 0.233 e. The molecule has 0 aliphatic heterocycles. The molecule has 3 N–H and O–H groups in total. The molecule has 0 saturated heterocycles. The molecule has 1 heterocycles. The van der Waals surface area contributed by atoms with E-state index in [1.54, 1.807) is 24.4 Å². The number of sulfonamides is 1. The van der Waals surface area contributed by atoms with Crippen LogP contribution >= 0.6 is 11.6 Å². The minimum atomic E-state index is -3.48. The Hall–Kier alpha value is -1.79. The van der Waals surface area contributed by atoms with E-state index < -0.39 is 10.0 Å². The molecule has 1 aromatic carbocycles. The number of benzene rings is 1. The largest absolute Gasteiger partial charge is 0.397 e. The Morgan fingerprint density at radius 3 is 2.70 bits per heavy atom. The van der Waals surface area contributed by atoms with Crippen molar-refractivity contribution in [3.8, 4) is 0 Å². The number of pyridine rings is 1. The van der Waals surface area contributed by atoms with Crippen molar-refractivity contribution in [2.45, 2.75) is 6.42 Å². The van der Waals surface area contributed by atoms with Crippen molar-refractivity contribution in [2.24, 2.45) is 0 Å². The van der Waals surface area contributed by atoms with Crippen LogP contribution in [0.15, 0.2) is 42.6 Å². The van der Waals surface area contributed by atoms with E-state index in [0.717, 1.165) is 5.69 Å². The number of hydrogen-bond donors (Lipinski definition) is 2. The monoisotopic (exact) mass is 311 g/mol. The molecule has 1 aromatic heterocycles. The third-order valence-corrected chi connectivity index (χ3v) is 4.14. The first-order chi connectivity index (χ1) is 9.46. The van der Waals surface area contributed by atoms with Gasteiger partial charge in [0.15, 0.2) is 0 Å². The highest BCUT2D eigenvalue weighted by Crippen LogP contribution is 2.23. The van der Waals surface area contributed by atoms with Gasteiger partial charge in [0.05, 0.1) is 17.1 Å². The number of nitrogens with two attached hydrogens (primary N) is 1. The van der Waals surface area contributed by atoms with Gasteiger partial charge in [0, 0.05) is 23.3 Å². The van der Waals surface area contributed by atoms with Crippen molar-refractivity contribution in [3.05, 3.63) is 53.3 Å². The van der Waals surface area contributed by atoms with Crippen molar-refractivity contribution in [2.75, 3.05) is 16.2 Å². The third-order valence-electron chi connectivity index (χ3n) is 2.63. The second-order valence-electron chi connectivity index (χ2n) is 4.22. The molecular formula is C13H14ClN3O2S. The van der Waals surface area contributed by atoms with Crippen molar-refractivity contribution in [3.63, 3.8) is 0 Å². The van der Waals surface area contributed by atoms with Crippen LogP contribution in [0.25, 0.3) is 0 Å². The van der Waals surface area contributed by atoms with Gasteiger partial charge in [0.2, 0.25) is 10.0 Å². The van der Waals surface area contributed by atoms with E-state index in [-0.39, 0.29) is 5.75 Å². The first-order valence-electron chi connectivity index (χ1n) is 5.92. The molecule has 106 valence electrons. The van der Waals surface area contributed by atoms with Crippen molar-refractivity contribution in [1.82, 2.24) is 4.98 Å². The molecule has 0 atom stereocenters. The summed E-state index contributed by atoms with van der Waals surface area (Å²) in [6, 6.07) is 10.00. The lowest BCUT2D eigenvalue weighted by molar-refractivity contribution is 0.600. The highest BCUT2D eigenvalue weighted by molar-refractivity contribution is 7.92. The fourth-order valence-electron chi connectivity index (χ4n) is 1.63. The molecule has 7 heteroatoms. The zero-order chi connectivity index (χ0) is 14.6. The predicted molar refractivity (Wildman–Crippen MR) is 81.2 cm³/mol. The minimum Gasteiger partial charge on any atom is -0.397 e. The Balaban J connectivity index is 2.04. The lowest BCUT2D eigenvalue weighted by Gasteiger charge is -2.10. The summed E-state index contributed by atoms with van der Waals surface area (Å²) in [5, 5.41) is 0.457. The normalized spacial score (nSPS) is 11.2. The SMILES string of the molecule is Nc1cc(Cl)ccc1NS(=O)(=O)CCc1ccccn1. The quantitative estimate of drug-likeness (QED) is 0.830. The number of nitrogens with one attached hydrogen (secondary N) is 1. The molecule has 0 amide bonds. The molecular weight excluding hydrogens is 298 g/mol. The van der Waals surface area contributed by atoms with E-state index >= 15 is 0 Å². The molecule has 0 unspecified atom stereocenters. The fourth-order valence-corrected chi connectivity index (χ4v) is 2.91. The number of rotatable bonds is 5. The van der Waals surface area contributed by atoms with Gasteiger partial charge in [-0.1, -0.05) is 17.7 Å². The summed E-state index contributed by atoms with van der Waals surface area (Å²) >= 11 is 5.76. The molecule has 2 aromatic rings. The third kappa shape index (κ3) is 4.11. The van der Waals surface area contributed by atoms with Crippen LogP contribution in [0.4, 0.5) is 11.4 Å². The van der Waals surface area contributed by atoms with Crippen LogP contribution < -0.4 is 10.5 Å². The smallest absolute Gasteiger partial charge is 0.233 e. The van der Waals surface area contributed by atoms with Crippen LogP contribution in [0.1, 0.15) is 5.69 Å². The molecule has 0 bridgehead atoms. The lowest BCUT2D eigenvalue weighted by atomic mass is 10.3.